The van der Waals surface area contributed by atoms with Crippen LogP contribution in [0.15, 0.2) is 24.3 Å². The van der Waals surface area contributed by atoms with E-state index in [9.17, 15) is 24.6 Å². The average molecular weight is 363 g/mol. The number of carbonyl (C=O) groups excluding carboxylic acids is 2. The Bertz CT molecular complexity index is 773. The molecule has 4 N–H and O–H groups in total. The number of aryl methyl sites for hydroxylation is 1. The van der Waals surface area contributed by atoms with Crippen LogP contribution in [0.4, 0.5) is 5.69 Å². The van der Waals surface area contributed by atoms with E-state index < -0.39 is 23.8 Å². The van der Waals surface area contributed by atoms with E-state index in [1.807, 2.05) is 6.92 Å². The smallest absolute Gasteiger partial charge is 0.326 e. The van der Waals surface area contributed by atoms with Gasteiger partial charge in [-0.15, -0.1) is 11.3 Å². The van der Waals surface area contributed by atoms with Crippen molar-refractivity contribution in [3.05, 3.63) is 39.7 Å². The Balaban J connectivity index is 2.09. The molecule has 2 aromatic rings. The van der Waals surface area contributed by atoms with Crippen LogP contribution in [0, 0.1) is 0 Å². The summed E-state index contributed by atoms with van der Waals surface area (Å²) in [6.45, 7) is 1.84. The Morgan fingerprint density at radius 1 is 1.32 bits per heavy atom. The molecule has 0 saturated carbocycles. The molecule has 2 rings (SSSR count). The second-order valence-corrected chi connectivity index (χ2v) is 6.23. The summed E-state index contributed by atoms with van der Waals surface area (Å²) in [5.74, 6) is -2.27. The van der Waals surface area contributed by atoms with Crippen LogP contribution >= 0.6 is 11.3 Å². The minimum absolute atomic E-state index is 0.00590. The standard InChI is InChI=1S/C16H17N3O5S/c1-2-12-19-15(22)13(25-12)14(21)18-11(16(23)24)7-9-3-5-10(6-4-9)17-8-20/h3-6,8,11,22H,2,7H2,1H3,(H,17,20)(H,18,21)(H,23,24). The molecule has 0 aliphatic heterocycles. The summed E-state index contributed by atoms with van der Waals surface area (Å²) >= 11 is 1.03. The zero-order valence-electron chi connectivity index (χ0n) is 13.4. The Labute approximate surface area is 147 Å². The lowest BCUT2D eigenvalue weighted by atomic mass is 10.1. The minimum Gasteiger partial charge on any atom is -0.492 e. The molecule has 0 aliphatic carbocycles. The van der Waals surface area contributed by atoms with Crippen molar-refractivity contribution in [1.29, 1.82) is 0 Å². The maximum Gasteiger partial charge on any atom is 0.326 e. The first-order valence-electron chi connectivity index (χ1n) is 7.46. The van der Waals surface area contributed by atoms with Gasteiger partial charge in [-0.05, 0) is 24.1 Å². The highest BCUT2D eigenvalue weighted by Crippen LogP contribution is 2.24. The molecule has 0 fully saturated rings. The Morgan fingerprint density at radius 3 is 2.52 bits per heavy atom. The molecular formula is C16H17N3O5S. The predicted molar refractivity (Wildman–Crippen MR) is 91.9 cm³/mol. The van der Waals surface area contributed by atoms with Crippen molar-refractivity contribution in [2.24, 2.45) is 0 Å². The molecule has 0 spiro atoms. The van der Waals surface area contributed by atoms with E-state index in [4.69, 9.17) is 0 Å². The van der Waals surface area contributed by atoms with Crippen LogP contribution in [0.3, 0.4) is 0 Å². The number of carboxylic acid groups (broad SMARTS) is 1. The van der Waals surface area contributed by atoms with Crippen molar-refractivity contribution in [2.75, 3.05) is 5.32 Å². The predicted octanol–water partition coefficient (Wildman–Crippen LogP) is 1.41. The number of nitrogens with zero attached hydrogens (tertiary/aromatic N) is 1. The zero-order chi connectivity index (χ0) is 18.4. The number of carboxylic acids is 1. The summed E-state index contributed by atoms with van der Waals surface area (Å²) in [7, 11) is 0. The van der Waals surface area contributed by atoms with Gasteiger partial charge in [-0.1, -0.05) is 19.1 Å². The monoisotopic (exact) mass is 363 g/mol. The lowest BCUT2D eigenvalue weighted by molar-refractivity contribution is -0.139. The summed E-state index contributed by atoms with van der Waals surface area (Å²) in [5, 5.41) is 24.5. The molecule has 9 heteroatoms. The number of aromatic nitrogens is 1. The topological polar surface area (TPSA) is 129 Å². The Hall–Kier alpha value is -2.94. The Morgan fingerprint density at radius 2 is 2.00 bits per heavy atom. The van der Waals surface area contributed by atoms with E-state index in [2.05, 4.69) is 15.6 Å². The molecule has 1 aromatic heterocycles. The van der Waals surface area contributed by atoms with Crippen molar-refractivity contribution in [3.8, 4) is 5.88 Å². The zero-order valence-corrected chi connectivity index (χ0v) is 14.2. The van der Waals surface area contributed by atoms with Gasteiger partial charge in [0.2, 0.25) is 12.3 Å². The van der Waals surface area contributed by atoms with Crippen LogP contribution in [-0.4, -0.2) is 39.5 Å². The van der Waals surface area contributed by atoms with E-state index in [0.29, 0.717) is 29.1 Å². The van der Waals surface area contributed by atoms with Crippen molar-refractivity contribution in [1.82, 2.24) is 10.3 Å². The summed E-state index contributed by atoms with van der Waals surface area (Å²) in [6.07, 6.45) is 1.17. The number of anilines is 1. The van der Waals surface area contributed by atoms with E-state index >= 15 is 0 Å². The molecule has 25 heavy (non-hydrogen) atoms. The van der Waals surface area contributed by atoms with Crippen LogP contribution in [0.2, 0.25) is 0 Å². The van der Waals surface area contributed by atoms with Crippen LogP contribution in [-0.2, 0) is 22.4 Å². The van der Waals surface area contributed by atoms with E-state index in [1.54, 1.807) is 24.3 Å². The lowest BCUT2D eigenvalue weighted by Gasteiger charge is -2.14. The molecule has 1 heterocycles. The second-order valence-electron chi connectivity index (χ2n) is 5.14. The summed E-state index contributed by atoms with van der Waals surface area (Å²) in [5.41, 5.74) is 1.25. The van der Waals surface area contributed by atoms with Gasteiger partial charge in [-0.2, -0.15) is 0 Å². The lowest BCUT2D eigenvalue weighted by Crippen LogP contribution is -2.42. The fourth-order valence-corrected chi connectivity index (χ4v) is 2.92. The highest BCUT2D eigenvalue weighted by Gasteiger charge is 2.24. The largest absolute Gasteiger partial charge is 0.492 e. The first-order valence-corrected chi connectivity index (χ1v) is 8.27. The molecule has 1 atom stereocenters. The van der Waals surface area contributed by atoms with Crippen LogP contribution in [0.1, 0.15) is 27.2 Å². The van der Waals surface area contributed by atoms with Crippen LogP contribution in [0.25, 0.3) is 0 Å². The number of carbonyl (C=O) groups is 3. The fraction of sp³-hybridized carbons (Fsp3) is 0.250. The molecule has 1 unspecified atom stereocenters. The van der Waals surface area contributed by atoms with Crippen LogP contribution in [0.5, 0.6) is 5.88 Å². The summed E-state index contributed by atoms with van der Waals surface area (Å²) < 4.78 is 0. The number of benzene rings is 1. The molecular weight excluding hydrogens is 346 g/mol. The number of nitrogens with one attached hydrogen (secondary N) is 2. The number of aliphatic carboxylic acids is 1. The maximum atomic E-state index is 12.2. The van der Waals surface area contributed by atoms with Gasteiger partial charge in [-0.3, -0.25) is 9.59 Å². The molecule has 0 bridgehead atoms. The molecule has 0 aliphatic rings. The van der Waals surface area contributed by atoms with Crippen molar-refractivity contribution in [2.45, 2.75) is 25.8 Å². The molecule has 132 valence electrons. The average Bonchev–Trinajstić information content (AvgIpc) is 2.97. The highest BCUT2D eigenvalue weighted by atomic mass is 32.1. The molecule has 0 saturated heterocycles. The van der Waals surface area contributed by atoms with Gasteiger partial charge in [0.1, 0.15) is 6.04 Å². The van der Waals surface area contributed by atoms with Crippen molar-refractivity contribution in [3.63, 3.8) is 0 Å². The van der Waals surface area contributed by atoms with Crippen molar-refractivity contribution < 1.29 is 24.6 Å². The van der Waals surface area contributed by atoms with E-state index in [0.717, 1.165) is 11.3 Å². The van der Waals surface area contributed by atoms with Gasteiger partial charge in [0.05, 0.1) is 5.01 Å². The van der Waals surface area contributed by atoms with Gasteiger partial charge in [0.15, 0.2) is 4.88 Å². The van der Waals surface area contributed by atoms with Crippen molar-refractivity contribution >= 4 is 35.3 Å². The number of aromatic hydroxyl groups is 1. The number of hydrogen-bond acceptors (Lipinski definition) is 6. The molecule has 8 nitrogen and oxygen atoms in total. The maximum absolute atomic E-state index is 12.2. The first kappa shape index (κ1) is 18.4. The fourth-order valence-electron chi connectivity index (χ4n) is 2.12. The second kappa shape index (κ2) is 8.25. The van der Waals surface area contributed by atoms with Gasteiger partial charge in [-0.25, -0.2) is 9.78 Å². The molecule has 1 aromatic carbocycles. The number of rotatable bonds is 8. The van der Waals surface area contributed by atoms with Gasteiger partial charge < -0.3 is 20.8 Å². The minimum atomic E-state index is -1.19. The molecule has 0 radical (unpaired) electrons. The highest BCUT2D eigenvalue weighted by molar-refractivity contribution is 7.14. The number of thiazole rings is 1. The van der Waals surface area contributed by atoms with Gasteiger partial charge in [0, 0.05) is 12.1 Å². The SMILES string of the molecule is CCc1nc(O)c(C(=O)NC(Cc2ccc(NC=O)cc2)C(=O)O)s1. The van der Waals surface area contributed by atoms with E-state index in [1.165, 1.54) is 0 Å². The first-order chi connectivity index (χ1) is 11.9. The summed E-state index contributed by atoms with van der Waals surface area (Å²) in [6, 6.07) is 5.42. The molecule has 2 amide bonds. The third kappa shape index (κ3) is 4.77. The van der Waals surface area contributed by atoms with Crippen LogP contribution < -0.4 is 10.6 Å². The quantitative estimate of drug-likeness (QED) is 0.525. The normalized spacial score (nSPS) is 11.6. The number of amides is 2. The summed E-state index contributed by atoms with van der Waals surface area (Å²) in [4.78, 5) is 37.9. The number of hydrogen-bond donors (Lipinski definition) is 4. The van der Waals surface area contributed by atoms with Gasteiger partial charge >= 0.3 is 5.97 Å². The third-order valence-corrected chi connectivity index (χ3v) is 4.57. The Kier molecular flexibility index (Phi) is 6.07. The van der Waals surface area contributed by atoms with E-state index in [-0.39, 0.29) is 11.3 Å². The van der Waals surface area contributed by atoms with Gasteiger partial charge in [0.25, 0.3) is 5.91 Å². The third-order valence-electron chi connectivity index (χ3n) is 3.39.